The summed E-state index contributed by atoms with van der Waals surface area (Å²) in [5.41, 5.74) is -4.44. The maximum absolute atomic E-state index is 13.9. The summed E-state index contributed by atoms with van der Waals surface area (Å²) < 4.78 is 31.5. The lowest BCUT2D eigenvalue weighted by molar-refractivity contribution is -0.392. The number of esters is 2. The van der Waals surface area contributed by atoms with Gasteiger partial charge in [-0.1, -0.05) is 31.7 Å². The molecule has 0 spiro atoms. The van der Waals surface area contributed by atoms with Crippen molar-refractivity contribution in [3.8, 4) is 0 Å². The Morgan fingerprint density at radius 1 is 1.14 bits per heavy atom. The number of aliphatic hydroxyl groups excluding tert-OH is 2. The predicted molar refractivity (Wildman–Crippen MR) is 148 cm³/mol. The molecule has 0 aromatic heterocycles. The van der Waals surface area contributed by atoms with E-state index in [4.69, 9.17) is 23.7 Å². The van der Waals surface area contributed by atoms with Gasteiger partial charge in [0.2, 0.25) is 0 Å². The van der Waals surface area contributed by atoms with E-state index in [-0.39, 0.29) is 18.6 Å². The molecule has 1 aromatic carbocycles. The zero-order chi connectivity index (χ0) is 30.4. The Morgan fingerprint density at radius 3 is 2.40 bits per heavy atom. The summed E-state index contributed by atoms with van der Waals surface area (Å²) in [5.74, 6) is -2.08. The second kappa shape index (κ2) is 9.70. The quantitative estimate of drug-likeness (QED) is 0.349. The molecule has 3 N–H and O–H groups in total. The molecular formula is C32H40O10. The zero-order valence-electron chi connectivity index (χ0n) is 24.6. The van der Waals surface area contributed by atoms with E-state index in [1.165, 1.54) is 13.0 Å². The molecule has 10 heteroatoms. The first-order valence-corrected chi connectivity index (χ1v) is 14.5. The van der Waals surface area contributed by atoms with Gasteiger partial charge in [-0.25, -0.2) is 4.79 Å². The van der Waals surface area contributed by atoms with Crippen LogP contribution in [0.1, 0.15) is 57.8 Å². The standard InChI is InChI=1S/C32H40O10/c1-7-22-39-20-13-21-32(15-38-21,42-17(3)33)25-27(41-28(36)18-11-9-8-10-12-18)31(29(4,5)37)14-19(34)16(2)23(31)24(35)26(40-22)30(20,25)6/h7-12,19-22,24-27,34-35,37H,1,13-15H2,2-6H3/t19-,20-,21+,22?,24-,25-,26-,27-,30+,31-,32-/m0/s1. The largest absolute Gasteiger partial charge is 0.457 e. The molecular weight excluding hydrogens is 544 g/mol. The molecule has 0 amide bonds. The van der Waals surface area contributed by atoms with Crippen LogP contribution in [0.25, 0.3) is 0 Å². The summed E-state index contributed by atoms with van der Waals surface area (Å²) in [4.78, 5) is 26.6. The molecule has 228 valence electrons. The van der Waals surface area contributed by atoms with Gasteiger partial charge in [-0.05, 0) is 56.5 Å². The minimum Gasteiger partial charge on any atom is -0.457 e. The second-order valence-corrected chi connectivity index (χ2v) is 13.2. The summed E-state index contributed by atoms with van der Waals surface area (Å²) in [7, 11) is 0. The molecule has 1 aromatic rings. The predicted octanol–water partition coefficient (Wildman–Crippen LogP) is 2.45. The number of ether oxygens (including phenoxy) is 5. The van der Waals surface area contributed by atoms with E-state index in [2.05, 4.69) is 6.58 Å². The summed E-state index contributed by atoms with van der Waals surface area (Å²) in [5, 5.41) is 35.8. The minimum atomic E-state index is -1.64. The van der Waals surface area contributed by atoms with E-state index in [0.29, 0.717) is 17.6 Å². The van der Waals surface area contributed by atoms with E-state index in [1.54, 1.807) is 51.1 Å². The molecule has 10 nitrogen and oxygen atoms in total. The lowest BCUT2D eigenvalue weighted by Gasteiger charge is -2.67. The average Bonchev–Trinajstić information content (AvgIpc) is 3.17. The fourth-order valence-corrected chi connectivity index (χ4v) is 8.84. The number of aliphatic hydroxyl groups is 3. The number of carbonyl (C=O) groups is 2. The van der Waals surface area contributed by atoms with Crippen LogP contribution >= 0.6 is 0 Å². The summed E-state index contributed by atoms with van der Waals surface area (Å²) >= 11 is 0. The van der Waals surface area contributed by atoms with Crippen molar-refractivity contribution in [1.82, 2.24) is 0 Å². The van der Waals surface area contributed by atoms with Crippen molar-refractivity contribution in [2.45, 2.75) is 102 Å². The lowest BCUT2D eigenvalue weighted by atomic mass is 9.49. The maximum Gasteiger partial charge on any atom is 0.338 e. The molecule has 3 aliphatic carbocycles. The highest BCUT2D eigenvalue weighted by Gasteiger charge is 2.80. The minimum absolute atomic E-state index is 0.0137. The summed E-state index contributed by atoms with van der Waals surface area (Å²) in [6.07, 6.45) is -4.83. The van der Waals surface area contributed by atoms with Gasteiger partial charge < -0.3 is 39.0 Å². The van der Waals surface area contributed by atoms with Crippen LogP contribution in [0.2, 0.25) is 0 Å². The Morgan fingerprint density at radius 2 is 1.83 bits per heavy atom. The van der Waals surface area contributed by atoms with E-state index in [9.17, 15) is 24.9 Å². The Bertz CT molecular complexity index is 1320. The Hall–Kier alpha value is -2.60. The van der Waals surface area contributed by atoms with Gasteiger partial charge >= 0.3 is 11.9 Å². The molecule has 2 saturated heterocycles. The van der Waals surface area contributed by atoms with Gasteiger partial charge in [0.25, 0.3) is 0 Å². The third-order valence-electron chi connectivity index (χ3n) is 10.7. The van der Waals surface area contributed by atoms with Gasteiger partial charge in [-0.2, -0.15) is 0 Å². The summed E-state index contributed by atoms with van der Waals surface area (Å²) in [6, 6.07) is 8.48. The van der Waals surface area contributed by atoms with Crippen LogP contribution in [-0.4, -0.2) is 88.0 Å². The Balaban J connectivity index is 1.67. The van der Waals surface area contributed by atoms with Gasteiger partial charge in [0.15, 0.2) is 11.9 Å². The fraction of sp³-hybridized carbons (Fsp3) is 0.625. The SMILES string of the molecule is C=CC1O[C@H]2C[C@H]3OC[C@@]3(OC(C)=O)[C@H]3[C@H](OC(=O)c4ccccc4)[C@]4(C(C)(C)O)C[C@H](O)C(C)=C4[C@H](O)[C@H](O1)[C@]23C. The second-order valence-electron chi connectivity index (χ2n) is 13.2. The molecule has 0 bridgehead atoms. The first kappa shape index (κ1) is 29.5. The van der Waals surface area contributed by atoms with Crippen LogP contribution in [-0.2, 0) is 28.5 Å². The van der Waals surface area contributed by atoms with Gasteiger partial charge in [-0.3, -0.25) is 4.79 Å². The molecule has 2 aliphatic heterocycles. The molecule has 0 radical (unpaired) electrons. The average molecular weight is 585 g/mol. The van der Waals surface area contributed by atoms with Crippen LogP contribution in [0.4, 0.5) is 0 Å². The molecule has 4 fully saturated rings. The van der Waals surface area contributed by atoms with Crippen molar-refractivity contribution in [3.63, 3.8) is 0 Å². The Kier molecular flexibility index (Phi) is 6.81. The van der Waals surface area contributed by atoms with Crippen molar-refractivity contribution < 1.29 is 48.6 Å². The molecule has 6 rings (SSSR count). The fourth-order valence-electron chi connectivity index (χ4n) is 8.84. The summed E-state index contributed by atoms with van der Waals surface area (Å²) in [6.45, 7) is 11.9. The Labute approximate surface area is 245 Å². The number of carbonyl (C=O) groups excluding carboxylic acids is 2. The van der Waals surface area contributed by atoms with Crippen molar-refractivity contribution in [2.75, 3.05) is 6.61 Å². The number of rotatable bonds is 5. The van der Waals surface area contributed by atoms with Gasteiger partial charge in [-0.15, -0.1) is 0 Å². The number of hydrogen-bond acceptors (Lipinski definition) is 10. The van der Waals surface area contributed by atoms with Crippen molar-refractivity contribution in [1.29, 1.82) is 0 Å². The van der Waals surface area contributed by atoms with Gasteiger partial charge in [0.05, 0.1) is 47.4 Å². The van der Waals surface area contributed by atoms with E-state index in [1.807, 2.05) is 6.92 Å². The highest BCUT2D eigenvalue weighted by atomic mass is 16.7. The first-order valence-electron chi connectivity index (χ1n) is 14.5. The molecule has 2 heterocycles. The lowest BCUT2D eigenvalue weighted by Crippen LogP contribution is -2.80. The smallest absolute Gasteiger partial charge is 0.338 e. The van der Waals surface area contributed by atoms with Crippen molar-refractivity contribution in [2.24, 2.45) is 16.7 Å². The molecule has 5 aliphatic rings. The maximum atomic E-state index is 13.9. The third kappa shape index (κ3) is 3.79. The van der Waals surface area contributed by atoms with Crippen LogP contribution in [0.3, 0.4) is 0 Å². The van der Waals surface area contributed by atoms with E-state index in [0.717, 1.165) is 0 Å². The molecule has 42 heavy (non-hydrogen) atoms. The number of benzene rings is 1. The van der Waals surface area contributed by atoms with E-state index < -0.39 is 82.8 Å². The van der Waals surface area contributed by atoms with Crippen LogP contribution in [0.15, 0.2) is 54.1 Å². The third-order valence-corrected chi connectivity index (χ3v) is 10.7. The number of fused-ring (bicyclic) bond motifs is 3. The van der Waals surface area contributed by atoms with Crippen LogP contribution in [0.5, 0.6) is 0 Å². The first-order chi connectivity index (χ1) is 19.7. The topological polar surface area (TPSA) is 141 Å². The van der Waals surface area contributed by atoms with Crippen molar-refractivity contribution >= 4 is 11.9 Å². The van der Waals surface area contributed by atoms with Crippen LogP contribution < -0.4 is 0 Å². The highest BCUT2D eigenvalue weighted by molar-refractivity contribution is 5.89. The molecule has 2 saturated carbocycles. The number of hydrogen-bond donors (Lipinski definition) is 3. The van der Waals surface area contributed by atoms with Crippen molar-refractivity contribution in [3.05, 3.63) is 59.7 Å². The molecule has 1 unspecified atom stereocenters. The van der Waals surface area contributed by atoms with Gasteiger partial charge in [0.1, 0.15) is 18.3 Å². The van der Waals surface area contributed by atoms with Gasteiger partial charge in [0, 0.05) is 18.8 Å². The monoisotopic (exact) mass is 584 g/mol. The molecule has 11 atom stereocenters. The van der Waals surface area contributed by atoms with E-state index >= 15 is 0 Å². The normalized spacial score (nSPS) is 44.1. The zero-order valence-corrected chi connectivity index (χ0v) is 24.6. The van der Waals surface area contributed by atoms with Crippen LogP contribution in [0, 0.1) is 16.7 Å². The highest BCUT2D eigenvalue weighted by Crippen LogP contribution is 2.69.